The lowest BCUT2D eigenvalue weighted by molar-refractivity contribution is -0.300. The summed E-state index contributed by atoms with van der Waals surface area (Å²) in [6.07, 6.45) is 9.10. The standard InChI is InChI=1S/C27H37NO4/c1-24(2,30)19-14-25-9-10-27(19,31-3)23-26(25)11-12-28(15-16-5-4-6-16)20(25)13-17-7-8-18(29)22(32-23)21(17)26/h7-8,16,19-20,23,29-30H,4-6,9-15H2,1-3H3/t19-,20-,23-,25-,26+,27-/m1/s1. The lowest BCUT2D eigenvalue weighted by atomic mass is 9.34. The zero-order valence-corrected chi connectivity index (χ0v) is 19.7. The minimum absolute atomic E-state index is 0.0102. The molecule has 4 bridgehead atoms. The van der Waals surface area contributed by atoms with Gasteiger partial charge >= 0.3 is 0 Å². The molecule has 0 aromatic heterocycles. The molecule has 1 aromatic rings. The first kappa shape index (κ1) is 20.1. The first-order valence-electron chi connectivity index (χ1n) is 12.8. The predicted molar refractivity (Wildman–Crippen MR) is 121 cm³/mol. The molecule has 2 spiro atoms. The van der Waals surface area contributed by atoms with Crippen molar-refractivity contribution < 1.29 is 19.7 Å². The summed E-state index contributed by atoms with van der Waals surface area (Å²) in [5, 5.41) is 22.3. The van der Waals surface area contributed by atoms with E-state index in [0.29, 0.717) is 11.8 Å². The molecule has 7 aliphatic rings. The second-order valence-corrected chi connectivity index (χ2v) is 12.4. The quantitative estimate of drug-likeness (QED) is 0.748. The molecule has 0 unspecified atom stereocenters. The van der Waals surface area contributed by atoms with Crippen molar-refractivity contribution in [3.8, 4) is 11.5 Å². The molecule has 5 nitrogen and oxygen atoms in total. The lowest BCUT2D eigenvalue weighted by Gasteiger charge is -2.75. The zero-order valence-electron chi connectivity index (χ0n) is 19.7. The number of methoxy groups -OCH3 is 1. The molecule has 5 fully saturated rings. The van der Waals surface area contributed by atoms with Crippen LogP contribution in [0.15, 0.2) is 12.1 Å². The molecular formula is C27H37NO4. The van der Waals surface area contributed by atoms with Crippen LogP contribution in [0.1, 0.15) is 69.9 Å². The fourth-order valence-corrected chi connectivity index (χ4v) is 9.61. The highest BCUT2D eigenvalue weighted by Gasteiger charge is 2.81. The van der Waals surface area contributed by atoms with Crippen molar-refractivity contribution in [2.24, 2.45) is 17.3 Å². The van der Waals surface area contributed by atoms with E-state index in [1.807, 2.05) is 27.0 Å². The maximum absolute atomic E-state index is 11.4. The van der Waals surface area contributed by atoms with Crippen molar-refractivity contribution >= 4 is 0 Å². The summed E-state index contributed by atoms with van der Waals surface area (Å²) < 4.78 is 13.2. The van der Waals surface area contributed by atoms with Crippen LogP contribution in [-0.2, 0) is 16.6 Å². The molecule has 2 aliphatic heterocycles. The van der Waals surface area contributed by atoms with Crippen LogP contribution in [0.3, 0.4) is 0 Å². The van der Waals surface area contributed by atoms with E-state index < -0.39 is 11.2 Å². The SMILES string of the molecule is CO[C@]12CC[C@@]3(C[C@@H]1C(C)(C)O)[C@H]1Cc4ccc(O)c5c4[C@@]3(CCN1CC1CCC1)[C@H]2O5. The largest absolute Gasteiger partial charge is 0.504 e. The number of nitrogens with zero attached hydrogens (tertiary/aromatic N) is 1. The fraction of sp³-hybridized carbons (Fsp3) is 0.778. The average molecular weight is 440 g/mol. The van der Waals surface area contributed by atoms with Crippen molar-refractivity contribution in [3.05, 3.63) is 23.3 Å². The molecule has 0 amide bonds. The number of hydrogen-bond acceptors (Lipinski definition) is 5. The van der Waals surface area contributed by atoms with E-state index in [4.69, 9.17) is 9.47 Å². The van der Waals surface area contributed by atoms with Crippen molar-refractivity contribution in [2.45, 2.75) is 94.0 Å². The van der Waals surface area contributed by atoms with E-state index in [9.17, 15) is 10.2 Å². The molecule has 32 heavy (non-hydrogen) atoms. The van der Waals surface area contributed by atoms with Gasteiger partial charge in [-0.05, 0) is 82.9 Å². The molecule has 1 aromatic carbocycles. The number of benzene rings is 1. The number of rotatable bonds is 4. The van der Waals surface area contributed by atoms with Gasteiger partial charge in [0.1, 0.15) is 11.7 Å². The molecule has 2 heterocycles. The third-order valence-electron chi connectivity index (χ3n) is 11.0. The smallest absolute Gasteiger partial charge is 0.165 e. The maximum atomic E-state index is 11.4. The van der Waals surface area contributed by atoms with Crippen LogP contribution in [0.5, 0.6) is 11.5 Å². The van der Waals surface area contributed by atoms with Crippen LogP contribution in [0.25, 0.3) is 0 Å². The first-order chi connectivity index (χ1) is 15.3. The molecule has 8 rings (SSSR count). The zero-order chi connectivity index (χ0) is 22.1. The summed E-state index contributed by atoms with van der Waals surface area (Å²) in [4.78, 5) is 2.83. The van der Waals surface area contributed by atoms with Gasteiger partial charge in [-0.2, -0.15) is 0 Å². The molecule has 5 aliphatic carbocycles. The van der Waals surface area contributed by atoms with Gasteiger partial charge in [-0.3, -0.25) is 4.90 Å². The van der Waals surface area contributed by atoms with Crippen molar-refractivity contribution in [3.63, 3.8) is 0 Å². The Hall–Kier alpha value is -1.30. The minimum Gasteiger partial charge on any atom is -0.504 e. The van der Waals surface area contributed by atoms with Gasteiger partial charge in [0.15, 0.2) is 11.5 Å². The van der Waals surface area contributed by atoms with E-state index in [-0.39, 0.29) is 28.6 Å². The van der Waals surface area contributed by atoms with Crippen LogP contribution >= 0.6 is 0 Å². The molecule has 1 saturated heterocycles. The summed E-state index contributed by atoms with van der Waals surface area (Å²) in [5.41, 5.74) is 1.23. The number of ether oxygens (including phenoxy) is 2. The Labute approximate surface area is 191 Å². The predicted octanol–water partition coefficient (Wildman–Crippen LogP) is 3.78. The molecule has 174 valence electrons. The Bertz CT molecular complexity index is 983. The molecule has 6 atom stereocenters. The van der Waals surface area contributed by atoms with Gasteiger partial charge in [-0.25, -0.2) is 0 Å². The van der Waals surface area contributed by atoms with E-state index in [2.05, 4.69) is 11.0 Å². The van der Waals surface area contributed by atoms with Crippen molar-refractivity contribution in [2.75, 3.05) is 20.2 Å². The van der Waals surface area contributed by atoms with Crippen LogP contribution < -0.4 is 4.74 Å². The summed E-state index contributed by atoms with van der Waals surface area (Å²) in [6, 6.07) is 4.47. The number of piperidine rings is 1. The number of aromatic hydroxyl groups is 1. The van der Waals surface area contributed by atoms with Gasteiger partial charge < -0.3 is 19.7 Å². The van der Waals surface area contributed by atoms with E-state index in [0.717, 1.165) is 44.6 Å². The number of aliphatic hydroxyl groups is 1. The highest BCUT2D eigenvalue weighted by molar-refractivity contribution is 5.63. The van der Waals surface area contributed by atoms with Gasteiger partial charge in [0.2, 0.25) is 0 Å². The molecule has 2 N–H and O–H groups in total. The number of hydrogen-bond donors (Lipinski definition) is 2. The minimum atomic E-state index is -0.849. The number of phenolic OH excluding ortho intramolecular Hbond substituents is 1. The normalized spacial score (nSPS) is 44.2. The van der Waals surface area contributed by atoms with Crippen LogP contribution in [0, 0.1) is 17.3 Å². The molecule has 0 radical (unpaired) electrons. The fourth-order valence-electron chi connectivity index (χ4n) is 9.61. The lowest BCUT2D eigenvalue weighted by Crippen LogP contribution is -2.82. The highest BCUT2D eigenvalue weighted by atomic mass is 16.6. The number of fused-ring (bicyclic) bond motifs is 2. The van der Waals surface area contributed by atoms with E-state index in [1.54, 1.807) is 0 Å². The third-order valence-corrected chi connectivity index (χ3v) is 11.0. The second kappa shape index (κ2) is 6.03. The van der Waals surface area contributed by atoms with Gasteiger partial charge in [-0.1, -0.05) is 12.5 Å². The number of likely N-dealkylation sites (tertiary alicyclic amines) is 1. The average Bonchev–Trinajstić information content (AvgIpc) is 3.10. The van der Waals surface area contributed by atoms with Gasteiger partial charge in [-0.15, -0.1) is 0 Å². The number of phenols is 1. The van der Waals surface area contributed by atoms with Crippen molar-refractivity contribution in [1.29, 1.82) is 0 Å². The molecule has 4 saturated carbocycles. The first-order valence-corrected chi connectivity index (χ1v) is 12.8. The second-order valence-electron chi connectivity index (χ2n) is 12.4. The van der Waals surface area contributed by atoms with Crippen LogP contribution in [0.2, 0.25) is 0 Å². The highest BCUT2D eigenvalue weighted by Crippen LogP contribution is 2.77. The molecular weight excluding hydrogens is 402 g/mol. The monoisotopic (exact) mass is 439 g/mol. The Morgan fingerprint density at radius 1 is 1.22 bits per heavy atom. The van der Waals surface area contributed by atoms with Gasteiger partial charge in [0.25, 0.3) is 0 Å². The Balaban J connectivity index is 1.46. The Morgan fingerprint density at radius 2 is 2.03 bits per heavy atom. The summed E-state index contributed by atoms with van der Waals surface area (Å²) in [6.45, 7) is 6.23. The van der Waals surface area contributed by atoms with E-state index in [1.165, 1.54) is 36.9 Å². The summed E-state index contributed by atoms with van der Waals surface area (Å²) >= 11 is 0. The van der Waals surface area contributed by atoms with Gasteiger partial charge in [0, 0.05) is 42.0 Å². The van der Waals surface area contributed by atoms with E-state index >= 15 is 0 Å². The topological polar surface area (TPSA) is 62.2 Å². The summed E-state index contributed by atoms with van der Waals surface area (Å²) in [5.74, 6) is 1.84. The van der Waals surface area contributed by atoms with Crippen LogP contribution in [0.4, 0.5) is 0 Å². The Kier molecular flexibility index (Phi) is 3.79. The van der Waals surface area contributed by atoms with Crippen LogP contribution in [-0.4, -0.2) is 58.7 Å². The maximum Gasteiger partial charge on any atom is 0.165 e. The summed E-state index contributed by atoms with van der Waals surface area (Å²) in [7, 11) is 1.81. The van der Waals surface area contributed by atoms with Crippen molar-refractivity contribution in [1.82, 2.24) is 4.90 Å². The third kappa shape index (κ3) is 2.05. The van der Waals surface area contributed by atoms with Gasteiger partial charge in [0.05, 0.1) is 5.60 Å². The molecule has 5 heteroatoms. The Morgan fingerprint density at radius 3 is 2.72 bits per heavy atom.